The standard InChI is InChI=1S/C10H13F2NO/c1-13-5-4-7-6-8(10(11)12)2-3-9(7)14/h2-3,6,10,13-14H,4-5H2,1H3. The normalized spacial score (nSPS) is 10.9. The van der Waals surface area contributed by atoms with E-state index >= 15 is 0 Å². The lowest BCUT2D eigenvalue weighted by Gasteiger charge is -2.06. The molecule has 0 amide bonds. The zero-order valence-electron chi connectivity index (χ0n) is 7.93. The van der Waals surface area contributed by atoms with Crippen LogP contribution in [0.3, 0.4) is 0 Å². The molecule has 0 fully saturated rings. The van der Waals surface area contributed by atoms with Crippen molar-refractivity contribution in [1.82, 2.24) is 5.32 Å². The molecule has 0 heterocycles. The van der Waals surface area contributed by atoms with Gasteiger partial charge in [-0.3, -0.25) is 0 Å². The molecule has 0 aliphatic heterocycles. The molecule has 14 heavy (non-hydrogen) atoms. The van der Waals surface area contributed by atoms with Crippen LogP contribution in [-0.2, 0) is 6.42 Å². The van der Waals surface area contributed by atoms with Crippen LogP contribution in [0.25, 0.3) is 0 Å². The number of hydrogen-bond donors (Lipinski definition) is 2. The second-order valence-electron chi connectivity index (χ2n) is 3.04. The van der Waals surface area contributed by atoms with Gasteiger partial charge in [0.2, 0.25) is 0 Å². The first kappa shape index (κ1) is 10.9. The number of benzene rings is 1. The van der Waals surface area contributed by atoms with Crippen LogP contribution in [0.15, 0.2) is 18.2 Å². The smallest absolute Gasteiger partial charge is 0.263 e. The molecule has 2 N–H and O–H groups in total. The molecule has 2 nitrogen and oxygen atoms in total. The lowest BCUT2D eigenvalue weighted by atomic mass is 10.1. The number of nitrogens with one attached hydrogen (secondary N) is 1. The van der Waals surface area contributed by atoms with Crippen molar-refractivity contribution < 1.29 is 13.9 Å². The highest BCUT2D eigenvalue weighted by molar-refractivity contribution is 5.36. The van der Waals surface area contributed by atoms with E-state index in [1.54, 1.807) is 7.05 Å². The summed E-state index contributed by atoms with van der Waals surface area (Å²) in [6, 6.07) is 3.90. The minimum Gasteiger partial charge on any atom is -0.508 e. The van der Waals surface area contributed by atoms with Gasteiger partial charge in [0.15, 0.2) is 0 Å². The van der Waals surface area contributed by atoms with Crippen molar-refractivity contribution in [3.8, 4) is 5.75 Å². The van der Waals surface area contributed by atoms with Crippen LogP contribution in [0.4, 0.5) is 8.78 Å². The van der Waals surface area contributed by atoms with Gasteiger partial charge in [-0.15, -0.1) is 0 Å². The van der Waals surface area contributed by atoms with E-state index in [2.05, 4.69) is 5.32 Å². The third-order valence-electron chi connectivity index (χ3n) is 2.00. The van der Waals surface area contributed by atoms with E-state index in [0.717, 1.165) is 0 Å². The molecule has 0 unspecified atom stereocenters. The van der Waals surface area contributed by atoms with E-state index in [9.17, 15) is 13.9 Å². The molecule has 0 aromatic heterocycles. The van der Waals surface area contributed by atoms with Crippen LogP contribution in [-0.4, -0.2) is 18.7 Å². The van der Waals surface area contributed by atoms with Gasteiger partial charge in [0.1, 0.15) is 5.75 Å². The third-order valence-corrected chi connectivity index (χ3v) is 2.00. The summed E-state index contributed by atoms with van der Waals surface area (Å²) in [5.74, 6) is 0.0738. The molecule has 4 heteroatoms. The summed E-state index contributed by atoms with van der Waals surface area (Å²) < 4.78 is 24.6. The predicted molar refractivity (Wildman–Crippen MR) is 50.7 cm³/mol. The number of rotatable bonds is 4. The van der Waals surface area contributed by atoms with Crippen LogP contribution in [0.5, 0.6) is 5.75 Å². The SMILES string of the molecule is CNCCc1cc(C(F)F)ccc1O. The van der Waals surface area contributed by atoms with E-state index in [1.807, 2.05) is 0 Å². The molecule has 78 valence electrons. The Bertz CT molecular complexity index is 302. The predicted octanol–water partition coefficient (Wildman–Crippen LogP) is 2.09. The van der Waals surface area contributed by atoms with Crippen molar-refractivity contribution in [3.05, 3.63) is 29.3 Å². The van der Waals surface area contributed by atoms with Crippen molar-refractivity contribution >= 4 is 0 Å². The first-order valence-corrected chi connectivity index (χ1v) is 4.39. The maximum Gasteiger partial charge on any atom is 0.263 e. The highest BCUT2D eigenvalue weighted by Gasteiger charge is 2.09. The topological polar surface area (TPSA) is 32.3 Å². The van der Waals surface area contributed by atoms with Crippen LogP contribution in [0.2, 0.25) is 0 Å². The fourth-order valence-corrected chi connectivity index (χ4v) is 1.20. The molecular weight excluding hydrogens is 188 g/mol. The Hall–Kier alpha value is -1.16. The zero-order chi connectivity index (χ0) is 10.6. The van der Waals surface area contributed by atoms with Crippen LogP contribution < -0.4 is 5.32 Å². The van der Waals surface area contributed by atoms with Gasteiger partial charge in [-0.2, -0.15) is 0 Å². The maximum absolute atomic E-state index is 12.3. The van der Waals surface area contributed by atoms with E-state index < -0.39 is 6.43 Å². The monoisotopic (exact) mass is 201 g/mol. The Morgan fingerprint density at radius 2 is 2.14 bits per heavy atom. The Kier molecular flexibility index (Phi) is 3.83. The van der Waals surface area contributed by atoms with Crippen LogP contribution >= 0.6 is 0 Å². The van der Waals surface area contributed by atoms with Gasteiger partial charge in [-0.1, -0.05) is 0 Å². The lowest BCUT2D eigenvalue weighted by Crippen LogP contribution is -2.10. The highest BCUT2D eigenvalue weighted by Crippen LogP contribution is 2.25. The van der Waals surface area contributed by atoms with Gasteiger partial charge in [-0.05, 0) is 43.8 Å². The van der Waals surface area contributed by atoms with Crippen molar-refractivity contribution in [2.75, 3.05) is 13.6 Å². The average Bonchev–Trinajstić information content (AvgIpc) is 2.16. The molecular formula is C10H13F2NO. The Labute approximate surface area is 81.6 Å². The number of aromatic hydroxyl groups is 1. The molecule has 0 atom stereocenters. The largest absolute Gasteiger partial charge is 0.508 e. The van der Waals surface area contributed by atoms with Crippen molar-refractivity contribution in [2.45, 2.75) is 12.8 Å². The summed E-state index contributed by atoms with van der Waals surface area (Å²) in [6.07, 6.45) is -1.94. The van der Waals surface area contributed by atoms with Gasteiger partial charge in [0.05, 0.1) is 0 Å². The number of phenolic OH excluding ortho intramolecular Hbond substituents is 1. The average molecular weight is 201 g/mol. The zero-order valence-corrected chi connectivity index (χ0v) is 7.93. The molecule has 0 saturated heterocycles. The summed E-state index contributed by atoms with van der Waals surface area (Å²) in [4.78, 5) is 0. The summed E-state index contributed by atoms with van der Waals surface area (Å²) in [5, 5.41) is 12.3. The molecule has 0 bridgehead atoms. The van der Waals surface area contributed by atoms with Gasteiger partial charge in [0.25, 0.3) is 6.43 Å². The summed E-state index contributed by atoms with van der Waals surface area (Å²) in [7, 11) is 1.77. The third kappa shape index (κ3) is 2.67. The van der Waals surface area contributed by atoms with Gasteiger partial charge in [0, 0.05) is 5.56 Å². The minimum absolute atomic E-state index is 0.0473. The first-order chi connectivity index (χ1) is 6.65. The first-order valence-electron chi connectivity index (χ1n) is 4.39. The van der Waals surface area contributed by atoms with E-state index in [-0.39, 0.29) is 11.3 Å². The number of halogens is 2. The second kappa shape index (κ2) is 4.91. The number of alkyl halides is 2. The number of hydrogen-bond acceptors (Lipinski definition) is 2. The molecule has 0 aliphatic carbocycles. The molecule has 0 radical (unpaired) electrons. The summed E-state index contributed by atoms with van der Waals surface area (Å²) in [5.41, 5.74) is 0.506. The summed E-state index contributed by atoms with van der Waals surface area (Å²) >= 11 is 0. The van der Waals surface area contributed by atoms with Gasteiger partial charge in [-0.25, -0.2) is 8.78 Å². The molecule has 0 aliphatic rings. The maximum atomic E-state index is 12.3. The van der Waals surface area contributed by atoms with E-state index in [1.165, 1.54) is 18.2 Å². The molecule has 0 spiro atoms. The Balaban J connectivity index is 2.85. The van der Waals surface area contributed by atoms with Gasteiger partial charge >= 0.3 is 0 Å². The Morgan fingerprint density at radius 1 is 1.43 bits per heavy atom. The number of likely N-dealkylation sites (N-methyl/N-ethyl adjacent to an activating group) is 1. The highest BCUT2D eigenvalue weighted by atomic mass is 19.3. The van der Waals surface area contributed by atoms with Crippen molar-refractivity contribution in [1.29, 1.82) is 0 Å². The molecule has 1 aromatic rings. The fraction of sp³-hybridized carbons (Fsp3) is 0.400. The van der Waals surface area contributed by atoms with Crippen LogP contribution in [0, 0.1) is 0 Å². The molecule has 1 aromatic carbocycles. The van der Waals surface area contributed by atoms with Crippen molar-refractivity contribution in [3.63, 3.8) is 0 Å². The minimum atomic E-state index is -2.48. The number of phenols is 1. The van der Waals surface area contributed by atoms with Crippen LogP contribution in [0.1, 0.15) is 17.6 Å². The van der Waals surface area contributed by atoms with Gasteiger partial charge < -0.3 is 10.4 Å². The fourth-order valence-electron chi connectivity index (χ4n) is 1.20. The summed E-state index contributed by atoms with van der Waals surface area (Å²) in [6.45, 7) is 0.653. The second-order valence-corrected chi connectivity index (χ2v) is 3.04. The quantitative estimate of drug-likeness (QED) is 0.781. The Morgan fingerprint density at radius 3 is 2.71 bits per heavy atom. The lowest BCUT2D eigenvalue weighted by molar-refractivity contribution is 0.151. The van der Waals surface area contributed by atoms with E-state index in [4.69, 9.17) is 0 Å². The van der Waals surface area contributed by atoms with Crippen molar-refractivity contribution in [2.24, 2.45) is 0 Å². The molecule has 1 rings (SSSR count). The van der Waals surface area contributed by atoms with E-state index in [0.29, 0.717) is 18.5 Å². The molecule has 0 saturated carbocycles.